The molecule has 0 aliphatic carbocycles. The van der Waals surface area contributed by atoms with Crippen molar-refractivity contribution < 1.29 is 35.8 Å². The van der Waals surface area contributed by atoms with E-state index in [1.807, 2.05) is 0 Å². The number of rotatable bonds is 2. The van der Waals surface area contributed by atoms with Gasteiger partial charge >= 0.3 is 24.2 Å². The number of ether oxygens (including phenoxy) is 1. The largest absolute Gasteiger partial charge is 0.396 e. The molecule has 0 rings (SSSR count). The molecule has 0 aliphatic rings. The summed E-state index contributed by atoms with van der Waals surface area (Å²) >= 11 is 0. The van der Waals surface area contributed by atoms with Gasteiger partial charge in [-0.05, 0) is 0 Å². The van der Waals surface area contributed by atoms with Gasteiger partial charge in [0.15, 0.2) is 0 Å². The van der Waals surface area contributed by atoms with Crippen LogP contribution in [0.1, 0.15) is 0 Å². The van der Waals surface area contributed by atoms with Gasteiger partial charge < -0.3 is 4.74 Å². The van der Waals surface area contributed by atoms with Gasteiger partial charge in [0, 0.05) is 0 Å². The SMILES string of the molecule is F.FC(F)=C(F)OC(F)=C(F)F. The summed E-state index contributed by atoms with van der Waals surface area (Å²) in [5, 5.41) is 0. The van der Waals surface area contributed by atoms with Crippen LogP contribution in [0, 0.1) is 0 Å². The first-order chi connectivity index (χ1) is 4.95. The van der Waals surface area contributed by atoms with Crippen LogP contribution in [0.25, 0.3) is 0 Å². The van der Waals surface area contributed by atoms with Gasteiger partial charge in [0.25, 0.3) is 0 Å². The molecule has 0 fully saturated rings. The van der Waals surface area contributed by atoms with Crippen molar-refractivity contribution in [3.05, 3.63) is 24.2 Å². The molecule has 0 unspecified atom stereocenters. The van der Waals surface area contributed by atoms with E-state index in [1.165, 1.54) is 0 Å². The van der Waals surface area contributed by atoms with Crippen molar-refractivity contribution >= 4 is 0 Å². The molecule has 0 heterocycles. The summed E-state index contributed by atoms with van der Waals surface area (Å²) in [6.45, 7) is 0. The molecule has 0 N–H and O–H groups in total. The molecule has 0 amide bonds. The highest BCUT2D eigenvalue weighted by atomic mass is 19.3. The van der Waals surface area contributed by atoms with Gasteiger partial charge in [0.2, 0.25) is 0 Å². The molecule has 0 aromatic rings. The normalized spacial score (nSPS) is 8.17. The van der Waals surface area contributed by atoms with Gasteiger partial charge in [0.05, 0.1) is 0 Å². The molecule has 0 bridgehead atoms. The van der Waals surface area contributed by atoms with Gasteiger partial charge in [0.1, 0.15) is 0 Å². The molecule has 0 aromatic carbocycles. The third-order valence-electron chi connectivity index (χ3n) is 0.476. The minimum Gasteiger partial charge on any atom is -0.396 e. The van der Waals surface area contributed by atoms with E-state index in [0.29, 0.717) is 0 Å². The molecule has 0 atom stereocenters. The molecule has 0 saturated heterocycles. The molecule has 1 nitrogen and oxygen atoms in total. The zero-order chi connectivity index (χ0) is 9.02. The van der Waals surface area contributed by atoms with Crippen molar-refractivity contribution in [3.63, 3.8) is 0 Å². The van der Waals surface area contributed by atoms with Crippen LogP contribution >= 0.6 is 0 Å². The molecule has 8 heteroatoms. The predicted octanol–water partition coefficient (Wildman–Crippen LogP) is 3.23. The maximum Gasteiger partial charge on any atom is 0.346 e. The Morgan fingerprint density at radius 2 is 0.917 bits per heavy atom. The Bertz CT molecular complexity index is 177. The van der Waals surface area contributed by atoms with Crippen LogP contribution in [-0.2, 0) is 4.74 Å². The zero-order valence-corrected chi connectivity index (χ0v) is 5.08. The summed E-state index contributed by atoms with van der Waals surface area (Å²) in [6, 6.07) is -5.37. The monoisotopic (exact) mass is 198 g/mol. The topological polar surface area (TPSA) is 9.23 Å². The Morgan fingerprint density at radius 1 is 0.667 bits per heavy atom. The lowest BCUT2D eigenvalue weighted by molar-refractivity contribution is 0.109. The van der Waals surface area contributed by atoms with Gasteiger partial charge in [-0.3, -0.25) is 4.70 Å². The molecule has 12 heavy (non-hydrogen) atoms. The lowest BCUT2D eigenvalue weighted by Crippen LogP contribution is -1.85. The summed E-state index contributed by atoms with van der Waals surface area (Å²) in [5.41, 5.74) is 0. The fourth-order valence-corrected chi connectivity index (χ4v) is 0.156. The lowest BCUT2D eigenvalue weighted by atomic mass is 10.9. The quantitative estimate of drug-likeness (QED) is 0.488. The van der Waals surface area contributed by atoms with E-state index >= 15 is 0 Å². The van der Waals surface area contributed by atoms with Gasteiger partial charge in [-0.25, -0.2) is 0 Å². The third kappa shape index (κ3) is 4.58. The molecule has 0 aliphatic heterocycles. The van der Waals surface area contributed by atoms with Crippen molar-refractivity contribution in [2.75, 3.05) is 0 Å². The second kappa shape index (κ2) is 5.44. The maximum atomic E-state index is 11.4. The van der Waals surface area contributed by atoms with Crippen LogP contribution in [0.3, 0.4) is 0 Å². The first kappa shape index (κ1) is 13.4. The second-order valence-electron chi connectivity index (χ2n) is 1.17. The molecule has 0 spiro atoms. The fourth-order valence-electron chi connectivity index (χ4n) is 0.156. The average Bonchev–Trinajstić information content (AvgIpc) is 1.87. The summed E-state index contributed by atoms with van der Waals surface area (Å²) in [4.78, 5) is 0. The Labute approximate surface area is 61.3 Å². The van der Waals surface area contributed by atoms with E-state index in [9.17, 15) is 26.3 Å². The van der Waals surface area contributed by atoms with Crippen molar-refractivity contribution in [3.8, 4) is 0 Å². The minimum atomic E-state index is -3.01. The van der Waals surface area contributed by atoms with E-state index in [-0.39, 0.29) is 4.70 Å². The summed E-state index contributed by atoms with van der Waals surface area (Å²) in [7, 11) is 0. The lowest BCUT2D eigenvalue weighted by Gasteiger charge is -1.94. The van der Waals surface area contributed by atoms with E-state index in [4.69, 9.17) is 0 Å². The molecular formula is C4HF7O. The van der Waals surface area contributed by atoms with Crippen LogP contribution in [0.2, 0.25) is 0 Å². The first-order valence-electron chi connectivity index (χ1n) is 2.04. The Kier molecular flexibility index (Phi) is 6.07. The van der Waals surface area contributed by atoms with Crippen LogP contribution in [-0.4, -0.2) is 0 Å². The van der Waals surface area contributed by atoms with E-state index < -0.39 is 24.2 Å². The molecule has 0 radical (unpaired) electrons. The number of hydrogen-bond acceptors (Lipinski definition) is 1. The van der Waals surface area contributed by atoms with E-state index in [1.54, 1.807) is 0 Å². The summed E-state index contributed by atoms with van der Waals surface area (Å²) in [6.07, 6.45) is -6.03. The van der Waals surface area contributed by atoms with Gasteiger partial charge in [-0.2, -0.15) is 26.3 Å². The highest BCUT2D eigenvalue weighted by molar-refractivity contribution is 4.90. The second-order valence-corrected chi connectivity index (χ2v) is 1.17. The predicted molar refractivity (Wildman–Crippen MR) is 24.3 cm³/mol. The fraction of sp³-hybridized carbons (Fsp3) is 0. The smallest absolute Gasteiger partial charge is 0.346 e. The van der Waals surface area contributed by atoms with Gasteiger partial charge in [-0.15, -0.1) is 0 Å². The van der Waals surface area contributed by atoms with Crippen molar-refractivity contribution in [2.45, 2.75) is 0 Å². The summed E-state index contributed by atoms with van der Waals surface area (Å²) < 4.78 is 69.6. The molecular weight excluding hydrogens is 197 g/mol. The van der Waals surface area contributed by atoms with Crippen molar-refractivity contribution in [2.24, 2.45) is 0 Å². The van der Waals surface area contributed by atoms with Crippen LogP contribution in [0.5, 0.6) is 0 Å². The molecule has 0 saturated carbocycles. The molecule has 72 valence electrons. The maximum absolute atomic E-state index is 11.4. The van der Waals surface area contributed by atoms with E-state index in [2.05, 4.69) is 4.74 Å². The highest BCUT2D eigenvalue weighted by Crippen LogP contribution is 2.19. The van der Waals surface area contributed by atoms with Crippen molar-refractivity contribution in [1.29, 1.82) is 0 Å². The Balaban J connectivity index is 0. The standard InChI is InChI=1S/C4F6O.FH/c5-1(6)3(9)11-4(10)2(7)8;/h;1H. The zero-order valence-electron chi connectivity index (χ0n) is 5.08. The Morgan fingerprint density at radius 3 is 1.08 bits per heavy atom. The molecule has 0 aromatic heterocycles. The average molecular weight is 198 g/mol. The Hall–Kier alpha value is -1.21. The third-order valence-corrected chi connectivity index (χ3v) is 0.476. The van der Waals surface area contributed by atoms with Crippen LogP contribution < -0.4 is 0 Å². The number of hydrogen-bond donors (Lipinski definition) is 0. The van der Waals surface area contributed by atoms with Crippen molar-refractivity contribution in [1.82, 2.24) is 0 Å². The number of halogens is 7. The minimum absolute atomic E-state index is 0. The van der Waals surface area contributed by atoms with Crippen LogP contribution in [0.15, 0.2) is 24.2 Å². The van der Waals surface area contributed by atoms with Gasteiger partial charge in [-0.1, -0.05) is 0 Å². The highest BCUT2D eigenvalue weighted by Gasteiger charge is 2.13. The van der Waals surface area contributed by atoms with Crippen LogP contribution in [0.4, 0.5) is 31.0 Å². The van der Waals surface area contributed by atoms with E-state index in [0.717, 1.165) is 0 Å². The summed E-state index contributed by atoms with van der Waals surface area (Å²) in [5.74, 6) is 0. The first-order valence-corrected chi connectivity index (χ1v) is 2.04.